The number of rotatable bonds is 3. The zero-order chi connectivity index (χ0) is 15.3. The molecule has 1 amide bonds. The normalized spacial score (nSPS) is 10.8. The van der Waals surface area contributed by atoms with Crippen LogP contribution in [0.15, 0.2) is 6.20 Å². The molecule has 0 aliphatic carbocycles. The van der Waals surface area contributed by atoms with E-state index >= 15 is 0 Å². The zero-order valence-corrected chi connectivity index (χ0v) is 12.4. The summed E-state index contributed by atoms with van der Waals surface area (Å²) in [5.74, 6) is -0.713. The summed E-state index contributed by atoms with van der Waals surface area (Å²) in [6, 6.07) is 0. The summed E-state index contributed by atoms with van der Waals surface area (Å²) in [5, 5.41) is 2.28. The Hall–Kier alpha value is -1.89. The zero-order valence-electron chi connectivity index (χ0n) is 11.7. The number of hydrogen-bond donors (Lipinski definition) is 1. The topological polar surface area (TPSA) is 90.4 Å². The average Bonchev–Trinajstić information content (AvgIpc) is 2.29. The predicted molar refractivity (Wildman–Crippen MR) is 72.9 cm³/mol. The Kier molecular flexibility index (Phi) is 5.26. The van der Waals surface area contributed by atoms with Gasteiger partial charge in [0.1, 0.15) is 5.60 Å². The fraction of sp³-hybridized carbons (Fsp3) is 0.500. The van der Waals surface area contributed by atoms with Crippen LogP contribution in [0.5, 0.6) is 0 Å². The SMILES string of the molecule is CCOC(=O)c1cnc(Cl)c(NC(=O)OC(C)(C)C)n1. The fourth-order valence-electron chi connectivity index (χ4n) is 1.16. The molecule has 0 saturated carbocycles. The van der Waals surface area contributed by atoms with Crippen molar-refractivity contribution < 1.29 is 19.1 Å². The monoisotopic (exact) mass is 301 g/mol. The van der Waals surface area contributed by atoms with E-state index in [1.165, 1.54) is 6.20 Å². The summed E-state index contributed by atoms with van der Waals surface area (Å²) in [5.41, 5.74) is -0.717. The van der Waals surface area contributed by atoms with E-state index in [2.05, 4.69) is 15.3 Å². The highest BCUT2D eigenvalue weighted by Crippen LogP contribution is 2.18. The van der Waals surface area contributed by atoms with E-state index in [0.29, 0.717) is 0 Å². The van der Waals surface area contributed by atoms with E-state index in [0.717, 1.165) is 0 Å². The first-order valence-corrected chi connectivity index (χ1v) is 6.30. The minimum Gasteiger partial charge on any atom is -0.461 e. The van der Waals surface area contributed by atoms with Crippen molar-refractivity contribution in [2.24, 2.45) is 0 Å². The molecule has 1 aromatic heterocycles. The highest BCUT2D eigenvalue weighted by atomic mass is 35.5. The van der Waals surface area contributed by atoms with Gasteiger partial charge in [-0.15, -0.1) is 0 Å². The summed E-state index contributed by atoms with van der Waals surface area (Å²) in [6.07, 6.45) is 0.426. The third-order valence-corrected chi connectivity index (χ3v) is 2.11. The van der Waals surface area contributed by atoms with E-state index in [9.17, 15) is 9.59 Å². The summed E-state index contributed by atoms with van der Waals surface area (Å²) >= 11 is 5.80. The molecule has 110 valence electrons. The van der Waals surface area contributed by atoms with Gasteiger partial charge >= 0.3 is 12.1 Å². The van der Waals surface area contributed by atoms with Crippen LogP contribution in [0.2, 0.25) is 5.15 Å². The molecule has 0 atom stereocenters. The minimum absolute atomic E-state index is 0.0519. The number of aromatic nitrogens is 2. The van der Waals surface area contributed by atoms with Gasteiger partial charge in [0.05, 0.1) is 12.8 Å². The van der Waals surface area contributed by atoms with Crippen molar-refractivity contribution in [3.05, 3.63) is 17.0 Å². The van der Waals surface area contributed by atoms with Crippen molar-refractivity contribution in [1.82, 2.24) is 9.97 Å². The number of esters is 1. The van der Waals surface area contributed by atoms with Crippen LogP contribution in [-0.2, 0) is 9.47 Å². The van der Waals surface area contributed by atoms with Crippen LogP contribution in [0.4, 0.5) is 10.6 Å². The highest BCUT2D eigenvalue weighted by Gasteiger charge is 2.19. The van der Waals surface area contributed by atoms with Crippen LogP contribution in [0.1, 0.15) is 38.2 Å². The largest absolute Gasteiger partial charge is 0.461 e. The van der Waals surface area contributed by atoms with E-state index in [4.69, 9.17) is 21.1 Å². The lowest BCUT2D eigenvalue weighted by Crippen LogP contribution is -2.28. The highest BCUT2D eigenvalue weighted by molar-refractivity contribution is 6.32. The third kappa shape index (κ3) is 5.00. The van der Waals surface area contributed by atoms with Crippen LogP contribution in [0, 0.1) is 0 Å². The second-order valence-electron chi connectivity index (χ2n) is 4.74. The second-order valence-corrected chi connectivity index (χ2v) is 5.10. The van der Waals surface area contributed by atoms with Crippen LogP contribution < -0.4 is 5.32 Å². The molecule has 0 aromatic carbocycles. The molecule has 8 heteroatoms. The molecule has 0 fully saturated rings. The third-order valence-electron chi connectivity index (χ3n) is 1.83. The fourth-order valence-corrected chi connectivity index (χ4v) is 1.30. The summed E-state index contributed by atoms with van der Waals surface area (Å²) in [4.78, 5) is 30.8. The Balaban J connectivity index is 2.87. The molecule has 0 saturated heterocycles. The number of nitrogens with zero attached hydrogens (tertiary/aromatic N) is 2. The molecule has 1 heterocycles. The molecule has 20 heavy (non-hydrogen) atoms. The molecule has 0 spiro atoms. The lowest BCUT2D eigenvalue weighted by Gasteiger charge is -2.19. The molecule has 1 rings (SSSR count). The van der Waals surface area contributed by atoms with E-state index in [-0.39, 0.29) is 23.3 Å². The van der Waals surface area contributed by atoms with Crippen molar-refractivity contribution in [3.63, 3.8) is 0 Å². The number of hydrogen-bond acceptors (Lipinski definition) is 6. The van der Waals surface area contributed by atoms with Gasteiger partial charge < -0.3 is 9.47 Å². The maximum Gasteiger partial charge on any atom is 0.413 e. The number of amides is 1. The minimum atomic E-state index is -0.741. The van der Waals surface area contributed by atoms with Gasteiger partial charge in [-0.25, -0.2) is 19.6 Å². The smallest absolute Gasteiger partial charge is 0.413 e. The first kappa shape index (κ1) is 16.2. The molecule has 0 radical (unpaired) electrons. The van der Waals surface area contributed by atoms with Crippen LogP contribution in [0.25, 0.3) is 0 Å². The van der Waals surface area contributed by atoms with Gasteiger partial charge in [0.15, 0.2) is 16.7 Å². The Morgan fingerprint density at radius 2 is 2.05 bits per heavy atom. The lowest BCUT2D eigenvalue weighted by atomic mass is 10.2. The van der Waals surface area contributed by atoms with Crippen molar-refractivity contribution in [2.45, 2.75) is 33.3 Å². The molecule has 0 unspecified atom stereocenters. The van der Waals surface area contributed by atoms with Gasteiger partial charge in [-0.1, -0.05) is 11.6 Å². The molecule has 7 nitrogen and oxygen atoms in total. The van der Waals surface area contributed by atoms with Gasteiger partial charge in [0, 0.05) is 0 Å². The van der Waals surface area contributed by atoms with Crippen molar-refractivity contribution >= 4 is 29.5 Å². The summed E-state index contributed by atoms with van der Waals surface area (Å²) in [7, 11) is 0. The average molecular weight is 302 g/mol. The number of nitrogens with one attached hydrogen (secondary N) is 1. The predicted octanol–water partition coefficient (Wildman–Crippen LogP) is 2.65. The number of anilines is 1. The molecule has 1 N–H and O–H groups in total. The van der Waals surface area contributed by atoms with Gasteiger partial charge in [0.25, 0.3) is 0 Å². The Morgan fingerprint density at radius 3 is 2.60 bits per heavy atom. The maximum atomic E-state index is 11.6. The second kappa shape index (κ2) is 6.51. The van der Waals surface area contributed by atoms with Gasteiger partial charge in [-0.3, -0.25) is 5.32 Å². The molecular formula is C12H16ClN3O4. The number of ether oxygens (including phenoxy) is 2. The van der Waals surface area contributed by atoms with Crippen molar-refractivity contribution in [1.29, 1.82) is 0 Å². The molecule has 0 aliphatic heterocycles. The van der Waals surface area contributed by atoms with Gasteiger partial charge in [0.2, 0.25) is 0 Å². The summed E-state index contributed by atoms with van der Waals surface area (Å²) in [6.45, 7) is 7.03. The van der Waals surface area contributed by atoms with E-state index in [1.54, 1.807) is 27.7 Å². The maximum absolute atomic E-state index is 11.6. The number of carbonyl (C=O) groups excluding carboxylic acids is 2. The number of carbonyl (C=O) groups is 2. The van der Waals surface area contributed by atoms with Crippen LogP contribution >= 0.6 is 11.6 Å². The summed E-state index contributed by atoms with van der Waals surface area (Å²) < 4.78 is 9.83. The Morgan fingerprint density at radius 1 is 1.40 bits per heavy atom. The number of halogens is 1. The van der Waals surface area contributed by atoms with Crippen LogP contribution in [0.3, 0.4) is 0 Å². The Bertz CT molecular complexity index is 514. The van der Waals surface area contributed by atoms with E-state index in [1.807, 2.05) is 0 Å². The first-order chi connectivity index (χ1) is 9.23. The standard InChI is InChI=1S/C12H16ClN3O4/c1-5-19-10(17)7-6-14-8(13)9(15-7)16-11(18)20-12(2,3)4/h6H,5H2,1-4H3,(H,15,16,18). The van der Waals surface area contributed by atoms with Crippen LogP contribution in [-0.4, -0.2) is 34.2 Å². The van der Waals surface area contributed by atoms with E-state index < -0.39 is 17.7 Å². The van der Waals surface area contributed by atoms with Gasteiger partial charge in [-0.05, 0) is 27.7 Å². The van der Waals surface area contributed by atoms with Gasteiger partial charge in [-0.2, -0.15) is 0 Å². The lowest BCUT2D eigenvalue weighted by molar-refractivity contribution is 0.0517. The Labute approximate surface area is 121 Å². The molecule has 0 bridgehead atoms. The van der Waals surface area contributed by atoms with Crippen molar-refractivity contribution in [2.75, 3.05) is 11.9 Å². The quantitative estimate of drug-likeness (QED) is 0.863. The molecule has 1 aromatic rings. The molecular weight excluding hydrogens is 286 g/mol. The first-order valence-electron chi connectivity index (χ1n) is 5.92. The molecule has 0 aliphatic rings. The van der Waals surface area contributed by atoms with Crippen molar-refractivity contribution in [3.8, 4) is 0 Å².